The van der Waals surface area contributed by atoms with E-state index in [-0.39, 0.29) is 6.61 Å². The molecular formula is C26H23N5O3. The molecule has 0 aliphatic carbocycles. The maximum absolute atomic E-state index is 12.5. The number of hydrogen-bond donors (Lipinski definition) is 2. The zero-order valence-electron chi connectivity index (χ0n) is 18.8. The van der Waals surface area contributed by atoms with Crippen LogP contribution in [0.4, 0.5) is 27.5 Å². The summed E-state index contributed by atoms with van der Waals surface area (Å²) in [5, 5.41) is 13.1. The van der Waals surface area contributed by atoms with E-state index in [1.165, 1.54) is 7.11 Å². The van der Waals surface area contributed by atoms with E-state index in [0.29, 0.717) is 22.8 Å². The lowest BCUT2D eigenvalue weighted by Crippen LogP contribution is -2.15. The van der Waals surface area contributed by atoms with E-state index in [2.05, 4.69) is 16.4 Å². The summed E-state index contributed by atoms with van der Waals surface area (Å²) in [4.78, 5) is 18.8. The first-order valence-electron chi connectivity index (χ1n) is 10.5. The average Bonchev–Trinajstić information content (AvgIpc) is 2.87. The summed E-state index contributed by atoms with van der Waals surface area (Å²) < 4.78 is 10.8. The number of nitrogens with one attached hydrogen (secondary N) is 1. The Balaban J connectivity index is 1.59. The Labute approximate surface area is 197 Å². The number of nitriles is 1. The molecule has 0 unspecified atom stereocenters. The lowest BCUT2D eigenvalue weighted by Gasteiger charge is -2.23. The fourth-order valence-corrected chi connectivity index (χ4v) is 3.54. The van der Waals surface area contributed by atoms with Crippen LogP contribution in [0.3, 0.4) is 0 Å². The van der Waals surface area contributed by atoms with E-state index in [1.54, 1.807) is 42.5 Å². The first-order valence-corrected chi connectivity index (χ1v) is 10.5. The van der Waals surface area contributed by atoms with Crippen molar-refractivity contribution >= 4 is 39.7 Å². The Morgan fingerprint density at radius 3 is 2.62 bits per heavy atom. The molecular weight excluding hydrogens is 430 g/mol. The van der Waals surface area contributed by atoms with Crippen molar-refractivity contribution in [2.24, 2.45) is 0 Å². The number of fused-ring (bicyclic) bond motifs is 1. The fourth-order valence-electron chi connectivity index (χ4n) is 3.54. The van der Waals surface area contributed by atoms with E-state index < -0.39 is 6.09 Å². The van der Waals surface area contributed by atoms with Gasteiger partial charge in [0.15, 0.2) is 0 Å². The van der Waals surface area contributed by atoms with Crippen LogP contribution >= 0.6 is 0 Å². The minimum atomic E-state index is -0.615. The third kappa shape index (κ3) is 4.84. The Bertz CT molecular complexity index is 1380. The molecule has 0 fully saturated rings. The van der Waals surface area contributed by atoms with Crippen molar-refractivity contribution in [3.63, 3.8) is 0 Å². The summed E-state index contributed by atoms with van der Waals surface area (Å²) in [6.45, 7) is 0.105. The average molecular weight is 454 g/mol. The third-order valence-electron chi connectivity index (χ3n) is 5.33. The molecule has 34 heavy (non-hydrogen) atoms. The number of pyridine rings is 1. The van der Waals surface area contributed by atoms with Crippen LogP contribution < -0.4 is 20.7 Å². The van der Waals surface area contributed by atoms with E-state index in [0.717, 1.165) is 27.8 Å². The van der Waals surface area contributed by atoms with Gasteiger partial charge in [-0.05, 0) is 48.0 Å². The molecule has 0 aliphatic heterocycles. The first kappa shape index (κ1) is 22.4. The predicted molar refractivity (Wildman–Crippen MR) is 132 cm³/mol. The zero-order chi connectivity index (χ0) is 24.1. The van der Waals surface area contributed by atoms with Gasteiger partial charge < -0.3 is 20.1 Å². The van der Waals surface area contributed by atoms with Gasteiger partial charge in [0.25, 0.3) is 0 Å². The highest BCUT2D eigenvalue weighted by atomic mass is 16.5. The van der Waals surface area contributed by atoms with Crippen molar-refractivity contribution in [2.45, 2.75) is 6.61 Å². The summed E-state index contributed by atoms with van der Waals surface area (Å²) in [5.74, 6) is 0.485. The second kappa shape index (κ2) is 9.79. The number of amides is 1. The van der Waals surface area contributed by atoms with Crippen LogP contribution in [0.1, 0.15) is 11.3 Å². The molecule has 0 atom stereocenters. The van der Waals surface area contributed by atoms with Gasteiger partial charge in [0.2, 0.25) is 0 Å². The van der Waals surface area contributed by atoms with Crippen molar-refractivity contribution in [1.82, 2.24) is 4.98 Å². The van der Waals surface area contributed by atoms with Crippen molar-refractivity contribution < 1.29 is 14.3 Å². The first-order chi connectivity index (χ1) is 16.5. The minimum Gasteiger partial charge on any atom is -0.495 e. The van der Waals surface area contributed by atoms with E-state index in [4.69, 9.17) is 15.2 Å². The van der Waals surface area contributed by atoms with Crippen LogP contribution in [-0.2, 0) is 11.3 Å². The van der Waals surface area contributed by atoms with Crippen LogP contribution in [0.25, 0.3) is 10.9 Å². The van der Waals surface area contributed by atoms with Crippen LogP contribution in [-0.4, -0.2) is 25.2 Å². The molecule has 4 rings (SSSR count). The monoisotopic (exact) mass is 453 g/mol. The maximum Gasteiger partial charge on any atom is 0.412 e. The number of anilines is 4. The molecule has 1 aromatic heterocycles. The molecule has 4 aromatic rings. The Hall–Kier alpha value is -4.77. The van der Waals surface area contributed by atoms with Gasteiger partial charge >= 0.3 is 6.09 Å². The van der Waals surface area contributed by atoms with Gasteiger partial charge in [-0.1, -0.05) is 30.3 Å². The second-order valence-electron chi connectivity index (χ2n) is 7.54. The van der Waals surface area contributed by atoms with Crippen molar-refractivity contribution in [2.75, 3.05) is 30.1 Å². The number of hydrogen-bond acceptors (Lipinski definition) is 7. The number of benzene rings is 3. The quantitative estimate of drug-likeness (QED) is 0.385. The van der Waals surface area contributed by atoms with E-state index in [1.807, 2.05) is 42.3 Å². The third-order valence-corrected chi connectivity index (χ3v) is 5.33. The topological polar surface area (TPSA) is 114 Å². The summed E-state index contributed by atoms with van der Waals surface area (Å²) in [5.41, 5.74) is 10.2. The highest BCUT2D eigenvalue weighted by Gasteiger charge is 2.15. The fraction of sp³-hybridized carbons (Fsp3) is 0.115. The lowest BCUT2D eigenvalue weighted by molar-refractivity contribution is 0.155. The van der Waals surface area contributed by atoms with Gasteiger partial charge in [-0.3, -0.25) is 5.32 Å². The Kier molecular flexibility index (Phi) is 6.46. The number of carbonyl (C=O) groups excluding carboxylic acids is 1. The summed E-state index contributed by atoms with van der Waals surface area (Å²) in [6.07, 6.45) is -0.615. The molecule has 1 heterocycles. The van der Waals surface area contributed by atoms with E-state index >= 15 is 0 Å². The number of carbonyl (C=O) groups is 1. The molecule has 3 aromatic carbocycles. The molecule has 3 N–H and O–H groups in total. The summed E-state index contributed by atoms with van der Waals surface area (Å²) in [7, 11) is 3.41. The lowest BCUT2D eigenvalue weighted by atomic mass is 10.1. The summed E-state index contributed by atoms with van der Waals surface area (Å²) in [6, 6.07) is 24.0. The molecule has 170 valence electrons. The number of nitrogen functional groups attached to an aromatic ring is 1. The Morgan fingerprint density at radius 2 is 1.88 bits per heavy atom. The maximum atomic E-state index is 12.5. The van der Waals surface area contributed by atoms with Gasteiger partial charge in [-0.25, -0.2) is 9.78 Å². The molecule has 0 bridgehead atoms. The predicted octanol–water partition coefficient (Wildman–Crippen LogP) is 5.21. The van der Waals surface area contributed by atoms with Crippen molar-refractivity contribution in [3.8, 4) is 11.8 Å². The van der Waals surface area contributed by atoms with Crippen molar-refractivity contribution in [1.29, 1.82) is 5.26 Å². The smallest absolute Gasteiger partial charge is 0.412 e. The van der Waals surface area contributed by atoms with Crippen LogP contribution in [0.2, 0.25) is 0 Å². The van der Waals surface area contributed by atoms with Gasteiger partial charge in [0, 0.05) is 23.8 Å². The van der Waals surface area contributed by atoms with E-state index in [9.17, 15) is 10.1 Å². The molecule has 1 amide bonds. The van der Waals surface area contributed by atoms with Gasteiger partial charge in [0.05, 0.1) is 24.0 Å². The van der Waals surface area contributed by atoms with Crippen LogP contribution in [0.5, 0.6) is 5.75 Å². The molecule has 0 radical (unpaired) electrons. The van der Waals surface area contributed by atoms with Crippen molar-refractivity contribution in [3.05, 3.63) is 84.1 Å². The normalized spacial score (nSPS) is 10.4. The number of ether oxygens (including phenoxy) is 2. The number of rotatable bonds is 6. The molecule has 0 saturated carbocycles. The molecule has 8 heteroatoms. The van der Waals surface area contributed by atoms with Crippen LogP contribution in [0, 0.1) is 11.3 Å². The van der Waals surface area contributed by atoms with Gasteiger partial charge in [0.1, 0.15) is 24.1 Å². The molecule has 0 saturated heterocycles. The summed E-state index contributed by atoms with van der Waals surface area (Å²) >= 11 is 0. The molecule has 0 aliphatic rings. The highest BCUT2D eigenvalue weighted by Crippen LogP contribution is 2.35. The Morgan fingerprint density at radius 1 is 1.12 bits per heavy atom. The number of aromatic nitrogens is 1. The molecule has 0 spiro atoms. The standard InChI is InChI=1S/C26H23N5O3/c1-31(24-13-19(15-27)29-22-6-4-3-5-21(22)24)20-11-12-25(33-2)23(14-20)30-26(32)34-16-17-7-9-18(28)10-8-17/h3-14H,16,28H2,1-2H3,(H,30,32). The van der Waals surface area contributed by atoms with Crippen LogP contribution in [0.15, 0.2) is 72.8 Å². The number of nitrogens with two attached hydrogens (primary N) is 1. The highest BCUT2D eigenvalue weighted by molar-refractivity contribution is 5.95. The van der Waals surface area contributed by atoms with Gasteiger partial charge in [-0.15, -0.1) is 0 Å². The second-order valence-corrected chi connectivity index (χ2v) is 7.54. The SMILES string of the molecule is COc1ccc(N(C)c2cc(C#N)nc3ccccc23)cc1NC(=O)OCc1ccc(N)cc1. The van der Waals surface area contributed by atoms with Gasteiger partial charge in [-0.2, -0.15) is 5.26 Å². The zero-order valence-corrected chi connectivity index (χ0v) is 18.8. The largest absolute Gasteiger partial charge is 0.495 e. The molecule has 8 nitrogen and oxygen atoms in total. The number of methoxy groups -OCH3 is 1. The number of nitrogens with zero attached hydrogens (tertiary/aromatic N) is 3. The number of para-hydroxylation sites is 1. The minimum absolute atomic E-state index is 0.105.